The molecule has 133 valence electrons. The molecule has 0 aliphatic rings. The number of aromatic carboxylic acids is 2. The predicted octanol–water partition coefficient (Wildman–Crippen LogP) is 4.60. The van der Waals surface area contributed by atoms with Gasteiger partial charge in [0.25, 0.3) is 0 Å². The van der Waals surface area contributed by atoms with E-state index in [9.17, 15) is 19.8 Å². The molecule has 2 aromatic rings. The van der Waals surface area contributed by atoms with Crippen molar-refractivity contribution >= 4 is 102 Å². The van der Waals surface area contributed by atoms with Gasteiger partial charge in [-0.15, -0.1) is 0 Å². The van der Waals surface area contributed by atoms with Crippen LogP contribution < -0.4 is 0 Å². The molecule has 0 heterocycles. The van der Waals surface area contributed by atoms with Gasteiger partial charge in [0.2, 0.25) is 0 Å². The number of phenols is 2. The molecule has 6 nitrogen and oxygen atoms in total. The van der Waals surface area contributed by atoms with E-state index in [2.05, 4.69) is 0 Å². The van der Waals surface area contributed by atoms with Gasteiger partial charge < -0.3 is 20.4 Å². The Bertz CT molecular complexity index is 745. The molecule has 0 unspecified atom stereocenters. The quantitative estimate of drug-likeness (QED) is 0.260. The number of carboxylic acid groups (broad SMARTS) is 2. The molecule has 2 rings (SSSR count). The number of halogens is 4. The van der Waals surface area contributed by atoms with Crippen LogP contribution >= 0.6 is 90.4 Å². The summed E-state index contributed by atoms with van der Waals surface area (Å²) in [7, 11) is 0. The van der Waals surface area contributed by atoms with Crippen molar-refractivity contribution in [2.24, 2.45) is 0 Å². The Hall–Kier alpha value is 0.419. The summed E-state index contributed by atoms with van der Waals surface area (Å²) >= 11 is 7.79. The molecule has 0 aliphatic carbocycles. The van der Waals surface area contributed by atoms with E-state index in [0.29, 0.717) is 7.14 Å². The molecule has 25 heavy (non-hydrogen) atoms. The normalized spacial score (nSPS) is 9.44. The van der Waals surface area contributed by atoms with Crippen LogP contribution in [-0.4, -0.2) is 32.4 Å². The minimum Gasteiger partial charge on any atom is -0.506 e. The van der Waals surface area contributed by atoms with Crippen molar-refractivity contribution in [1.29, 1.82) is 0 Å². The molecule has 0 amide bonds. The van der Waals surface area contributed by atoms with Gasteiger partial charge in [0.15, 0.2) is 0 Å². The van der Waals surface area contributed by atoms with Gasteiger partial charge in [-0.25, -0.2) is 9.59 Å². The van der Waals surface area contributed by atoms with Crippen LogP contribution in [0.4, 0.5) is 0 Å². The molecular weight excluding hydrogens is 827 g/mol. The van der Waals surface area contributed by atoms with Crippen molar-refractivity contribution < 1.29 is 47.1 Å². The number of rotatable bonds is 2. The van der Waals surface area contributed by atoms with E-state index >= 15 is 0 Å². The minimum atomic E-state index is -1.11. The van der Waals surface area contributed by atoms with Crippen LogP contribution in [0.5, 0.6) is 11.5 Å². The van der Waals surface area contributed by atoms with Gasteiger partial charge in [-0.05, 0) is 115 Å². The van der Waals surface area contributed by atoms with E-state index < -0.39 is 11.9 Å². The summed E-state index contributed by atoms with van der Waals surface area (Å²) in [6.07, 6.45) is 0. The average molecular weight is 835 g/mol. The Morgan fingerprint density at radius 2 is 0.960 bits per heavy atom. The summed E-state index contributed by atoms with van der Waals surface area (Å²) in [5, 5.41) is 35.9. The van der Waals surface area contributed by atoms with Crippen molar-refractivity contribution in [1.82, 2.24) is 0 Å². The molecule has 0 spiro atoms. The second kappa shape index (κ2) is 11.3. The first-order valence-corrected chi connectivity index (χ1v) is 10.2. The zero-order valence-electron chi connectivity index (χ0n) is 11.8. The van der Waals surface area contributed by atoms with Gasteiger partial charge in [-0.3, -0.25) is 0 Å². The Kier molecular flexibility index (Phi) is 11.5. The van der Waals surface area contributed by atoms with Gasteiger partial charge in [0.1, 0.15) is 22.6 Å². The van der Waals surface area contributed by atoms with Gasteiger partial charge in [-0.2, -0.15) is 0 Å². The van der Waals surface area contributed by atoms with Gasteiger partial charge >= 0.3 is 29.0 Å². The Morgan fingerprint density at radius 1 is 0.680 bits per heavy atom. The largest absolute Gasteiger partial charge is 2.00 e. The second-order valence-corrected chi connectivity index (χ2v) is 8.99. The molecule has 2 aromatic carbocycles. The van der Waals surface area contributed by atoms with E-state index in [-0.39, 0.29) is 39.7 Å². The van der Waals surface area contributed by atoms with Crippen LogP contribution in [0.25, 0.3) is 0 Å². The molecule has 4 N–H and O–H groups in total. The van der Waals surface area contributed by atoms with Gasteiger partial charge in [-0.1, -0.05) is 0 Å². The molecule has 0 bridgehead atoms. The smallest absolute Gasteiger partial charge is 0.506 e. The maximum absolute atomic E-state index is 10.6. The van der Waals surface area contributed by atoms with Gasteiger partial charge in [0.05, 0.1) is 7.14 Å². The number of hydrogen-bond donors (Lipinski definition) is 4. The first kappa shape index (κ1) is 25.4. The van der Waals surface area contributed by atoms with Crippen molar-refractivity contribution in [3.05, 3.63) is 49.7 Å². The first-order valence-electron chi connectivity index (χ1n) is 5.87. The van der Waals surface area contributed by atoms with Crippen LogP contribution in [-0.2, 0) is 17.1 Å². The van der Waals surface area contributed by atoms with Crippen molar-refractivity contribution in [2.45, 2.75) is 0 Å². The summed E-state index contributed by atoms with van der Waals surface area (Å²) < 4.78 is 2.70. The molecule has 0 fully saturated rings. The van der Waals surface area contributed by atoms with Crippen LogP contribution in [0.1, 0.15) is 20.7 Å². The minimum absolute atomic E-state index is 0. The number of aromatic hydroxyl groups is 2. The van der Waals surface area contributed by atoms with E-state index in [1.54, 1.807) is 12.1 Å². The molecule has 0 aliphatic heterocycles. The maximum Gasteiger partial charge on any atom is 2.00 e. The maximum atomic E-state index is 10.6. The first-order chi connectivity index (χ1) is 11.0. The van der Waals surface area contributed by atoms with E-state index in [1.165, 1.54) is 12.1 Å². The van der Waals surface area contributed by atoms with Crippen molar-refractivity contribution in [3.8, 4) is 11.5 Å². The Morgan fingerprint density at radius 3 is 1.20 bits per heavy atom. The number of hydrogen-bond acceptors (Lipinski definition) is 4. The summed E-state index contributed by atoms with van der Waals surface area (Å²) in [4.78, 5) is 21.1. The molecule has 0 aromatic heterocycles. The Labute approximate surface area is 207 Å². The summed E-state index contributed by atoms with van der Waals surface area (Å²) in [6, 6.07) is 6.28. The van der Waals surface area contributed by atoms with Crippen LogP contribution in [0, 0.1) is 14.3 Å². The molecule has 11 heteroatoms. The van der Waals surface area contributed by atoms with Crippen molar-refractivity contribution in [3.63, 3.8) is 0 Å². The molecule has 0 atom stereocenters. The summed E-state index contributed by atoms with van der Waals surface area (Å²) in [6.45, 7) is 0. The van der Waals surface area contributed by atoms with E-state index in [4.69, 9.17) is 10.2 Å². The molecular formula is C14H8I4MnO6+2. The zero-order valence-corrected chi connectivity index (χ0v) is 21.6. The third-order valence-electron chi connectivity index (χ3n) is 2.52. The van der Waals surface area contributed by atoms with Crippen LogP contribution in [0.3, 0.4) is 0 Å². The molecule has 1 radical (unpaired) electrons. The zero-order chi connectivity index (χ0) is 18.6. The fourth-order valence-electron chi connectivity index (χ4n) is 1.46. The predicted molar refractivity (Wildman–Crippen MR) is 121 cm³/mol. The van der Waals surface area contributed by atoms with Gasteiger partial charge in [0, 0.05) is 7.14 Å². The Balaban J connectivity index is 0.000000443. The standard InChI is InChI=1S/2C7H4I2O3.Mn/c2*8-3-1-4(7(11)12)6(10)5(9)2-3;/h2*1-2,10H,(H,11,12);/q;;+2. The second-order valence-electron chi connectivity index (χ2n) is 4.18. The fraction of sp³-hybridized carbons (Fsp3) is 0. The van der Waals surface area contributed by atoms with E-state index in [0.717, 1.165) is 7.14 Å². The average Bonchev–Trinajstić information content (AvgIpc) is 2.46. The third kappa shape index (κ3) is 7.51. The number of carbonyl (C=O) groups is 2. The van der Waals surface area contributed by atoms with Crippen LogP contribution in [0.2, 0.25) is 0 Å². The van der Waals surface area contributed by atoms with Crippen LogP contribution in [0.15, 0.2) is 24.3 Å². The monoisotopic (exact) mass is 835 g/mol. The SMILES string of the molecule is O=C(O)c1cc(I)cc(I)c1O.O=C(O)c1cc(I)cc(I)c1O.[Mn+2]. The third-order valence-corrected chi connectivity index (χ3v) is 5.41. The molecule has 0 saturated heterocycles. The summed E-state index contributed by atoms with van der Waals surface area (Å²) in [5.41, 5.74) is -0.0994. The van der Waals surface area contributed by atoms with Crippen molar-refractivity contribution in [2.75, 3.05) is 0 Å². The van der Waals surface area contributed by atoms with E-state index in [1.807, 2.05) is 90.4 Å². The number of benzene rings is 2. The fourth-order valence-corrected chi connectivity index (χ4v) is 5.15. The topological polar surface area (TPSA) is 115 Å². The summed E-state index contributed by atoms with van der Waals surface area (Å²) in [5.74, 6) is -2.54. The number of carboxylic acids is 2. The molecule has 0 saturated carbocycles.